The predicted molar refractivity (Wildman–Crippen MR) is 102 cm³/mol. The van der Waals surface area contributed by atoms with Crippen LogP contribution < -0.4 is 10.1 Å². The molecule has 2 heterocycles. The number of carbonyl (C=O) groups excluding carboxylic acids is 2. The number of carbonyl (C=O) groups is 2. The first-order valence-corrected chi connectivity index (χ1v) is 9.23. The largest absolute Gasteiger partial charge is 0.457 e. The Bertz CT molecular complexity index is 920. The smallest absolute Gasteiger partial charge is 0.245 e. The number of piperidine rings is 1. The van der Waals surface area contributed by atoms with Gasteiger partial charge in [0.15, 0.2) is 11.6 Å². The minimum atomic E-state index is -1.000. The molecule has 8 heteroatoms. The molecule has 2 aromatic rings. The van der Waals surface area contributed by atoms with E-state index < -0.39 is 11.6 Å². The molecule has 0 bridgehead atoms. The van der Waals surface area contributed by atoms with Crippen LogP contribution in [0.3, 0.4) is 0 Å². The number of nitrogens with zero attached hydrogens (tertiary/aromatic N) is 2. The predicted octanol–water partition coefficient (Wildman–Crippen LogP) is 3.19. The van der Waals surface area contributed by atoms with Crippen molar-refractivity contribution in [3.63, 3.8) is 0 Å². The van der Waals surface area contributed by atoms with Gasteiger partial charge in [0.1, 0.15) is 11.5 Å². The van der Waals surface area contributed by atoms with Crippen molar-refractivity contribution in [1.29, 1.82) is 0 Å². The zero-order valence-electron chi connectivity index (χ0n) is 15.7. The molecule has 1 aromatic carbocycles. The fraction of sp³-hybridized carbons (Fsp3) is 0.286. The molecular formula is C21H21F2N3O3. The van der Waals surface area contributed by atoms with Gasteiger partial charge in [-0.25, -0.2) is 8.78 Å². The van der Waals surface area contributed by atoms with E-state index in [1.807, 2.05) is 0 Å². The normalized spacial score (nSPS) is 16.2. The van der Waals surface area contributed by atoms with Crippen molar-refractivity contribution in [2.24, 2.45) is 5.92 Å². The number of hydrogen-bond donors (Lipinski definition) is 1. The number of amides is 2. The van der Waals surface area contributed by atoms with Crippen molar-refractivity contribution in [3.8, 4) is 11.5 Å². The first-order valence-electron chi connectivity index (χ1n) is 9.23. The number of benzene rings is 1. The summed E-state index contributed by atoms with van der Waals surface area (Å²) in [5.41, 5.74) is 0.549. The summed E-state index contributed by atoms with van der Waals surface area (Å²) in [5.74, 6) is -2.03. The number of ether oxygens (including phenoxy) is 1. The van der Waals surface area contributed by atoms with Gasteiger partial charge in [-0.3, -0.25) is 14.6 Å². The Morgan fingerprint density at radius 3 is 2.79 bits per heavy atom. The van der Waals surface area contributed by atoms with E-state index in [0.29, 0.717) is 31.0 Å². The van der Waals surface area contributed by atoms with Gasteiger partial charge in [0.2, 0.25) is 11.8 Å². The van der Waals surface area contributed by atoms with E-state index in [1.54, 1.807) is 17.0 Å². The molecule has 2 amide bonds. The summed E-state index contributed by atoms with van der Waals surface area (Å²) in [6, 6.07) is 6.44. The molecule has 3 rings (SSSR count). The van der Waals surface area contributed by atoms with Crippen LogP contribution in [-0.4, -0.2) is 34.8 Å². The molecule has 1 N–H and O–H groups in total. The van der Waals surface area contributed by atoms with E-state index in [0.717, 1.165) is 18.6 Å². The standard InChI is InChI=1S/C21H21F2N3O3/c1-2-20(27)26-9-3-4-14(13-26)21(28)25-12-15-10-17(7-8-24-15)29-16-5-6-18(22)19(23)11-16/h2,5-8,10-11,14H,1,3-4,9,12-13H2,(H,25,28). The second-order valence-corrected chi connectivity index (χ2v) is 6.71. The number of pyridine rings is 1. The van der Waals surface area contributed by atoms with Gasteiger partial charge in [-0.1, -0.05) is 6.58 Å². The monoisotopic (exact) mass is 401 g/mol. The first kappa shape index (κ1) is 20.4. The maximum atomic E-state index is 13.3. The van der Waals surface area contributed by atoms with Crippen LogP contribution in [0.25, 0.3) is 0 Å². The lowest BCUT2D eigenvalue weighted by Crippen LogP contribution is -2.44. The fourth-order valence-electron chi connectivity index (χ4n) is 3.14. The van der Waals surface area contributed by atoms with Gasteiger partial charge in [-0.2, -0.15) is 0 Å². The van der Waals surface area contributed by atoms with Crippen molar-refractivity contribution >= 4 is 11.8 Å². The number of halogens is 2. The Kier molecular flexibility index (Phi) is 6.54. The molecule has 1 unspecified atom stereocenters. The molecule has 0 spiro atoms. The lowest BCUT2D eigenvalue weighted by atomic mass is 9.97. The van der Waals surface area contributed by atoms with Crippen LogP contribution in [0.5, 0.6) is 11.5 Å². The molecule has 1 aliphatic rings. The second kappa shape index (κ2) is 9.27. The zero-order valence-corrected chi connectivity index (χ0v) is 15.7. The summed E-state index contributed by atoms with van der Waals surface area (Å²) in [7, 11) is 0. The van der Waals surface area contributed by atoms with Gasteiger partial charge in [0, 0.05) is 31.4 Å². The van der Waals surface area contributed by atoms with Gasteiger partial charge in [0.05, 0.1) is 18.2 Å². The van der Waals surface area contributed by atoms with E-state index in [1.165, 1.54) is 18.3 Å². The highest BCUT2D eigenvalue weighted by molar-refractivity contribution is 5.88. The van der Waals surface area contributed by atoms with Crippen molar-refractivity contribution in [2.45, 2.75) is 19.4 Å². The number of hydrogen-bond acceptors (Lipinski definition) is 4. The Balaban J connectivity index is 1.57. The Hall–Kier alpha value is -3.29. The lowest BCUT2D eigenvalue weighted by Gasteiger charge is -2.31. The molecule has 0 saturated carbocycles. The third kappa shape index (κ3) is 5.37. The first-order chi connectivity index (χ1) is 14.0. The molecule has 0 aliphatic carbocycles. The minimum Gasteiger partial charge on any atom is -0.457 e. The minimum absolute atomic E-state index is 0.152. The maximum Gasteiger partial charge on any atom is 0.245 e. The number of nitrogens with one attached hydrogen (secondary N) is 1. The number of aromatic nitrogens is 1. The summed E-state index contributed by atoms with van der Waals surface area (Å²) in [5, 5.41) is 2.82. The Morgan fingerprint density at radius 1 is 1.24 bits per heavy atom. The summed E-state index contributed by atoms with van der Waals surface area (Å²) < 4.78 is 31.8. The summed E-state index contributed by atoms with van der Waals surface area (Å²) in [6.45, 7) is 4.65. The second-order valence-electron chi connectivity index (χ2n) is 6.71. The Morgan fingerprint density at radius 2 is 2.03 bits per heavy atom. The van der Waals surface area contributed by atoms with Gasteiger partial charge >= 0.3 is 0 Å². The average molecular weight is 401 g/mol. The fourth-order valence-corrected chi connectivity index (χ4v) is 3.14. The van der Waals surface area contributed by atoms with Gasteiger partial charge in [-0.15, -0.1) is 0 Å². The van der Waals surface area contributed by atoms with Crippen LogP contribution in [-0.2, 0) is 16.1 Å². The molecule has 0 radical (unpaired) electrons. The molecule has 1 saturated heterocycles. The number of likely N-dealkylation sites (tertiary alicyclic amines) is 1. The average Bonchev–Trinajstić information content (AvgIpc) is 2.74. The topological polar surface area (TPSA) is 71.5 Å². The summed E-state index contributed by atoms with van der Waals surface area (Å²) in [4.78, 5) is 30.0. The van der Waals surface area contributed by atoms with Crippen molar-refractivity contribution in [1.82, 2.24) is 15.2 Å². The van der Waals surface area contributed by atoms with E-state index in [9.17, 15) is 18.4 Å². The third-order valence-corrected chi connectivity index (χ3v) is 4.64. The van der Waals surface area contributed by atoms with Gasteiger partial charge in [-0.05, 0) is 37.1 Å². The highest BCUT2D eigenvalue weighted by Gasteiger charge is 2.27. The summed E-state index contributed by atoms with van der Waals surface area (Å²) >= 11 is 0. The Labute approximate surface area is 167 Å². The number of rotatable bonds is 6. The van der Waals surface area contributed by atoms with Crippen LogP contribution >= 0.6 is 0 Å². The summed E-state index contributed by atoms with van der Waals surface area (Å²) in [6.07, 6.45) is 4.22. The van der Waals surface area contributed by atoms with E-state index in [4.69, 9.17) is 4.74 Å². The lowest BCUT2D eigenvalue weighted by molar-refractivity contribution is -0.132. The van der Waals surface area contributed by atoms with Crippen LogP contribution in [0.15, 0.2) is 49.2 Å². The molecule has 152 valence electrons. The molecule has 29 heavy (non-hydrogen) atoms. The van der Waals surface area contributed by atoms with Gasteiger partial charge < -0.3 is 15.0 Å². The highest BCUT2D eigenvalue weighted by Crippen LogP contribution is 2.23. The zero-order chi connectivity index (χ0) is 20.8. The third-order valence-electron chi connectivity index (χ3n) is 4.64. The molecule has 1 atom stereocenters. The quantitative estimate of drug-likeness (QED) is 0.755. The maximum absolute atomic E-state index is 13.3. The molecular weight excluding hydrogens is 380 g/mol. The molecule has 1 aliphatic heterocycles. The van der Waals surface area contributed by atoms with Crippen LogP contribution in [0, 0.1) is 17.6 Å². The van der Waals surface area contributed by atoms with Crippen molar-refractivity contribution in [2.75, 3.05) is 13.1 Å². The van der Waals surface area contributed by atoms with Crippen molar-refractivity contribution < 1.29 is 23.1 Å². The van der Waals surface area contributed by atoms with Crippen LogP contribution in [0.4, 0.5) is 8.78 Å². The van der Waals surface area contributed by atoms with E-state index in [2.05, 4.69) is 16.9 Å². The SMILES string of the molecule is C=CC(=O)N1CCCC(C(=O)NCc2cc(Oc3ccc(F)c(F)c3)ccn2)C1. The van der Waals surface area contributed by atoms with Crippen LogP contribution in [0.2, 0.25) is 0 Å². The molecule has 1 fully saturated rings. The molecule has 1 aromatic heterocycles. The van der Waals surface area contributed by atoms with Crippen molar-refractivity contribution in [3.05, 3.63) is 66.5 Å². The highest BCUT2D eigenvalue weighted by atomic mass is 19.2. The van der Waals surface area contributed by atoms with Crippen LogP contribution in [0.1, 0.15) is 18.5 Å². The van der Waals surface area contributed by atoms with Gasteiger partial charge in [0.25, 0.3) is 0 Å². The molecule has 6 nitrogen and oxygen atoms in total. The van der Waals surface area contributed by atoms with E-state index in [-0.39, 0.29) is 30.0 Å². The van der Waals surface area contributed by atoms with E-state index >= 15 is 0 Å².